The molecule has 0 aromatic heterocycles. The highest BCUT2D eigenvalue weighted by molar-refractivity contribution is 5.98. The van der Waals surface area contributed by atoms with Crippen molar-refractivity contribution in [3.8, 4) is 0 Å². The summed E-state index contributed by atoms with van der Waals surface area (Å²) in [4.78, 5) is 68.3. The molecular weight excluding hydrogens is 634 g/mol. The summed E-state index contributed by atoms with van der Waals surface area (Å²) in [6, 6.07) is 7.25. The Labute approximate surface area is 301 Å². The molecule has 0 radical (unpaired) electrons. The highest BCUT2D eigenvalue weighted by atomic mass is 16.3. The summed E-state index contributed by atoms with van der Waals surface area (Å²) in [7, 11) is 0. The molecule has 0 unspecified atom stereocenters. The van der Waals surface area contributed by atoms with Gasteiger partial charge in [0, 0.05) is 6.92 Å². The van der Waals surface area contributed by atoms with E-state index in [0.717, 1.165) is 5.56 Å². The Hall–Kier alpha value is -3.47. The Kier molecular flexibility index (Phi) is 19.9. The second-order valence-electron chi connectivity index (χ2n) is 14.7. The molecular formula is C39H67N5O6. The number of amides is 5. The Morgan fingerprint density at radius 3 is 1.40 bits per heavy atom. The topological polar surface area (TPSA) is 166 Å². The molecule has 0 aliphatic rings. The third kappa shape index (κ3) is 14.4. The average molecular weight is 702 g/mol. The number of rotatable bonds is 24. The van der Waals surface area contributed by atoms with Gasteiger partial charge in [-0.2, -0.15) is 0 Å². The summed E-state index contributed by atoms with van der Waals surface area (Å²) in [5, 5.41) is 25.0. The van der Waals surface area contributed by atoms with E-state index >= 15 is 0 Å². The maximum atomic E-state index is 14.4. The van der Waals surface area contributed by atoms with E-state index in [4.69, 9.17) is 0 Å². The van der Waals surface area contributed by atoms with E-state index in [0.29, 0.717) is 70.6 Å². The third-order valence-corrected chi connectivity index (χ3v) is 8.91. The molecule has 0 bridgehead atoms. The van der Waals surface area contributed by atoms with E-state index in [1.165, 1.54) is 6.92 Å². The zero-order chi connectivity index (χ0) is 37.9. The van der Waals surface area contributed by atoms with Crippen LogP contribution in [0.4, 0.5) is 0 Å². The standard InChI is InChI=1S/C39H67N5O6/c1-10-19-38(20-11-2,36(49)41-31(26-45)25-30-17-15-14-16-18-30)44-35(48)33(24-28(7)8)42-37(50)39(21-12-3,22-13-4)43-34(47)32(23-27(5)6)40-29(9)46/h14-18,27-28,31-33,45H,10-13,19-26H2,1-9H3,(H,40,46)(H,41,49)(H,42,50)(H,43,47)(H,44,48)/t31-,32-,33-/m0/s1. The average Bonchev–Trinajstić information content (AvgIpc) is 3.03. The van der Waals surface area contributed by atoms with Crippen molar-refractivity contribution in [2.75, 3.05) is 6.61 Å². The van der Waals surface area contributed by atoms with Gasteiger partial charge < -0.3 is 31.7 Å². The summed E-state index contributed by atoms with van der Waals surface area (Å²) in [5.41, 5.74) is -1.60. The van der Waals surface area contributed by atoms with Crippen molar-refractivity contribution in [1.29, 1.82) is 0 Å². The predicted molar refractivity (Wildman–Crippen MR) is 199 cm³/mol. The fraction of sp³-hybridized carbons (Fsp3) is 0.718. The molecule has 0 aliphatic carbocycles. The number of aliphatic hydroxyl groups is 1. The Balaban J connectivity index is 3.46. The zero-order valence-corrected chi connectivity index (χ0v) is 32.2. The fourth-order valence-corrected chi connectivity index (χ4v) is 6.75. The van der Waals surface area contributed by atoms with E-state index in [9.17, 15) is 29.1 Å². The van der Waals surface area contributed by atoms with Gasteiger partial charge in [0.1, 0.15) is 23.2 Å². The largest absolute Gasteiger partial charge is 0.394 e. The number of carbonyl (C=O) groups excluding carboxylic acids is 5. The minimum absolute atomic E-state index is 0.0211. The Morgan fingerprint density at radius 2 is 1.04 bits per heavy atom. The molecule has 284 valence electrons. The highest BCUT2D eigenvalue weighted by Gasteiger charge is 2.44. The minimum Gasteiger partial charge on any atom is -0.394 e. The van der Waals surface area contributed by atoms with Crippen molar-refractivity contribution in [3.05, 3.63) is 35.9 Å². The first-order valence-corrected chi connectivity index (χ1v) is 18.8. The van der Waals surface area contributed by atoms with Crippen LogP contribution in [0.15, 0.2) is 30.3 Å². The molecule has 6 N–H and O–H groups in total. The number of hydrogen-bond donors (Lipinski definition) is 6. The lowest BCUT2D eigenvalue weighted by Gasteiger charge is -2.38. The molecule has 0 saturated carbocycles. The maximum Gasteiger partial charge on any atom is 0.246 e. The summed E-state index contributed by atoms with van der Waals surface area (Å²) in [5.74, 6) is -1.95. The van der Waals surface area contributed by atoms with Crippen molar-refractivity contribution >= 4 is 29.5 Å². The predicted octanol–water partition coefficient (Wildman–Crippen LogP) is 4.70. The molecule has 1 aromatic rings. The van der Waals surface area contributed by atoms with Crippen LogP contribution in [0.1, 0.15) is 132 Å². The second kappa shape index (κ2) is 22.4. The van der Waals surface area contributed by atoms with Crippen molar-refractivity contribution in [2.24, 2.45) is 11.8 Å². The summed E-state index contributed by atoms with van der Waals surface area (Å²) < 4.78 is 0. The van der Waals surface area contributed by atoms with Crippen LogP contribution < -0.4 is 26.6 Å². The first-order chi connectivity index (χ1) is 23.6. The molecule has 50 heavy (non-hydrogen) atoms. The molecule has 3 atom stereocenters. The quantitative estimate of drug-likeness (QED) is 0.0915. The van der Waals surface area contributed by atoms with Crippen LogP contribution in [-0.2, 0) is 30.4 Å². The maximum absolute atomic E-state index is 14.4. The van der Waals surface area contributed by atoms with E-state index in [-0.39, 0.29) is 30.3 Å². The molecule has 1 rings (SSSR count). The molecule has 11 nitrogen and oxygen atoms in total. The van der Waals surface area contributed by atoms with Crippen LogP contribution in [-0.4, -0.2) is 70.5 Å². The van der Waals surface area contributed by atoms with Gasteiger partial charge in [-0.15, -0.1) is 0 Å². The van der Waals surface area contributed by atoms with Gasteiger partial charge in [-0.1, -0.05) is 111 Å². The molecule has 1 aromatic carbocycles. The van der Waals surface area contributed by atoms with Gasteiger partial charge in [0.05, 0.1) is 12.6 Å². The normalized spacial score (nSPS) is 13.7. The minimum atomic E-state index is -1.31. The lowest BCUT2D eigenvalue weighted by atomic mass is 9.85. The van der Waals surface area contributed by atoms with Crippen LogP contribution >= 0.6 is 0 Å². The van der Waals surface area contributed by atoms with Gasteiger partial charge in [0.2, 0.25) is 29.5 Å². The molecule has 0 spiro atoms. The van der Waals surface area contributed by atoms with Gasteiger partial charge in [-0.25, -0.2) is 0 Å². The lowest BCUT2D eigenvalue weighted by molar-refractivity contribution is -0.140. The zero-order valence-electron chi connectivity index (χ0n) is 32.2. The monoisotopic (exact) mass is 702 g/mol. The van der Waals surface area contributed by atoms with Crippen LogP contribution in [0.3, 0.4) is 0 Å². The number of benzene rings is 1. The molecule has 0 heterocycles. The van der Waals surface area contributed by atoms with E-state index in [2.05, 4.69) is 26.6 Å². The van der Waals surface area contributed by atoms with E-state index in [1.54, 1.807) is 0 Å². The molecule has 0 aliphatic heterocycles. The van der Waals surface area contributed by atoms with Gasteiger partial charge in [0.25, 0.3) is 0 Å². The summed E-state index contributed by atoms with van der Waals surface area (Å²) in [6.45, 7) is 16.7. The van der Waals surface area contributed by atoms with Crippen LogP contribution in [0.25, 0.3) is 0 Å². The second-order valence-corrected chi connectivity index (χ2v) is 14.7. The number of hydrogen-bond acceptors (Lipinski definition) is 6. The van der Waals surface area contributed by atoms with Gasteiger partial charge >= 0.3 is 0 Å². The molecule has 11 heteroatoms. The van der Waals surface area contributed by atoms with Crippen LogP contribution in [0.5, 0.6) is 0 Å². The van der Waals surface area contributed by atoms with E-state index < -0.39 is 46.9 Å². The lowest BCUT2D eigenvalue weighted by Crippen LogP contribution is -2.66. The third-order valence-electron chi connectivity index (χ3n) is 8.91. The Morgan fingerprint density at radius 1 is 0.640 bits per heavy atom. The SMILES string of the molecule is CCCC(CCC)(NC(=O)[C@H](CC(C)C)NC(=O)C(CCC)(CCC)NC(=O)[C@H](CC(C)C)NC(C)=O)C(=O)N[C@H](CO)Cc1ccccc1. The van der Waals surface area contributed by atoms with Crippen LogP contribution in [0, 0.1) is 11.8 Å². The number of carbonyl (C=O) groups is 5. The first-order valence-electron chi connectivity index (χ1n) is 18.8. The van der Waals surface area contributed by atoms with Crippen molar-refractivity contribution < 1.29 is 29.1 Å². The fourth-order valence-electron chi connectivity index (χ4n) is 6.75. The number of aliphatic hydroxyl groups excluding tert-OH is 1. The van der Waals surface area contributed by atoms with Gasteiger partial charge in [0.15, 0.2) is 0 Å². The van der Waals surface area contributed by atoms with E-state index in [1.807, 2.05) is 85.7 Å². The van der Waals surface area contributed by atoms with Crippen LogP contribution in [0.2, 0.25) is 0 Å². The number of nitrogens with one attached hydrogen (secondary N) is 5. The molecule has 0 saturated heterocycles. The molecule has 0 fully saturated rings. The molecule has 5 amide bonds. The van der Waals surface area contributed by atoms with Gasteiger partial charge in [-0.05, 0) is 62.3 Å². The Bertz CT molecular complexity index is 1190. The highest BCUT2D eigenvalue weighted by Crippen LogP contribution is 2.25. The first kappa shape index (κ1) is 44.6. The smallest absolute Gasteiger partial charge is 0.246 e. The summed E-state index contributed by atoms with van der Waals surface area (Å²) in [6.07, 6.45) is 4.98. The van der Waals surface area contributed by atoms with Crippen molar-refractivity contribution in [2.45, 2.75) is 162 Å². The van der Waals surface area contributed by atoms with Crippen molar-refractivity contribution in [3.63, 3.8) is 0 Å². The summed E-state index contributed by atoms with van der Waals surface area (Å²) >= 11 is 0. The van der Waals surface area contributed by atoms with Gasteiger partial charge in [-0.3, -0.25) is 24.0 Å². The van der Waals surface area contributed by atoms with Crippen molar-refractivity contribution in [1.82, 2.24) is 26.6 Å².